The summed E-state index contributed by atoms with van der Waals surface area (Å²) in [5.41, 5.74) is 1.38. The van der Waals surface area contributed by atoms with E-state index in [1.54, 1.807) is 11.7 Å². The van der Waals surface area contributed by atoms with Crippen molar-refractivity contribution in [3.8, 4) is 0 Å². The average molecular weight is 239 g/mol. The summed E-state index contributed by atoms with van der Waals surface area (Å²) in [5, 5.41) is 4.42. The fraction of sp³-hybridized carbons (Fsp3) is 0.500. The van der Waals surface area contributed by atoms with E-state index >= 15 is 0 Å². The van der Waals surface area contributed by atoms with Gasteiger partial charge in [0.15, 0.2) is 0 Å². The second kappa shape index (κ2) is 4.42. The zero-order valence-electron chi connectivity index (χ0n) is 9.53. The number of carbonyl (C=O) groups is 1. The average Bonchev–Trinajstić information content (AvgIpc) is 2.59. The first-order chi connectivity index (χ1) is 7.59. The fourth-order valence-electron chi connectivity index (χ4n) is 1.99. The van der Waals surface area contributed by atoms with E-state index in [1.165, 1.54) is 6.20 Å². The number of halogens is 1. The van der Waals surface area contributed by atoms with Crippen molar-refractivity contribution in [1.82, 2.24) is 9.78 Å². The summed E-state index contributed by atoms with van der Waals surface area (Å²) in [6.45, 7) is 2.20. The number of hydrogen-bond donors (Lipinski definition) is 0. The molecule has 1 aliphatic carbocycles. The number of allylic oxidation sites excluding steroid dienone is 2. The van der Waals surface area contributed by atoms with Gasteiger partial charge in [-0.05, 0) is 30.8 Å². The second-order valence-electron chi connectivity index (χ2n) is 4.40. The first-order valence-electron chi connectivity index (χ1n) is 5.51. The van der Waals surface area contributed by atoms with E-state index in [4.69, 9.17) is 11.6 Å². The maximum atomic E-state index is 12.2. The van der Waals surface area contributed by atoms with Gasteiger partial charge in [-0.1, -0.05) is 24.6 Å². The van der Waals surface area contributed by atoms with Gasteiger partial charge in [0.2, 0.25) is 5.78 Å². The SMILES string of the molecule is CC1CC=C(C(=O)c2c(Cl)cnn2C)CC1. The lowest BCUT2D eigenvalue weighted by Crippen LogP contribution is -2.13. The molecule has 0 saturated carbocycles. The van der Waals surface area contributed by atoms with Crippen LogP contribution in [-0.2, 0) is 7.05 Å². The van der Waals surface area contributed by atoms with Crippen LogP contribution in [0.1, 0.15) is 36.7 Å². The maximum Gasteiger partial charge on any atom is 0.208 e. The van der Waals surface area contributed by atoms with Gasteiger partial charge >= 0.3 is 0 Å². The highest BCUT2D eigenvalue weighted by Gasteiger charge is 2.22. The zero-order valence-corrected chi connectivity index (χ0v) is 10.3. The van der Waals surface area contributed by atoms with Crippen molar-refractivity contribution < 1.29 is 4.79 Å². The predicted octanol–water partition coefficient (Wildman–Crippen LogP) is 3.00. The number of rotatable bonds is 2. The molecule has 3 nitrogen and oxygen atoms in total. The zero-order chi connectivity index (χ0) is 11.7. The van der Waals surface area contributed by atoms with Gasteiger partial charge in [-0.15, -0.1) is 0 Å². The van der Waals surface area contributed by atoms with E-state index in [1.807, 2.05) is 6.08 Å². The standard InChI is InChI=1S/C12H15ClN2O/c1-8-3-5-9(6-4-8)12(16)11-10(13)7-14-15(11)2/h5,7-8H,3-4,6H2,1-2H3. The number of aromatic nitrogens is 2. The van der Waals surface area contributed by atoms with Crippen molar-refractivity contribution in [2.45, 2.75) is 26.2 Å². The molecule has 0 aliphatic heterocycles. The lowest BCUT2D eigenvalue weighted by Gasteiger charge is -2.17. The molecule has 86 valence electrons. The molecule has 0 saturated heterocycles. The van der Waals surface area contributed by atoms with Crippen LogP contribution in [0.25, 0.3) is 0 Å². The highest BCUT2D eigenvalue weighted by atomic mass is 35.5. The van der Waals surface area contributed by atoms with Gasteiger partial charge in [-0.2, -0.15) is 5.10 Å². The molecular formula is C12H15ClN2O. The highest BCUT2D eigenvalue weighted by Crippen LogP contribution is 2.27. The normalized spacial score (nSPS) is 20.7. The molecule has 0 aromatic carbocycles. The molecule has 1 heterocycles. The number of hydrogen-bond acceptors (Lipinski definition) is 2. The molecule has 1 aromatic rings. The summed E-state index contributed by atoms with van der Waals surface area (Å²) in [6.07, 6.45) is 6.46. The van der Waals surface area contributed by atoms with Crippen LogP contribution < -0.4 is 0 Å². The summed E-state index contributed by atoms with van der Waals surface area (Å²) in [5.74, 6) is 0.704. The molecular weight excluding hydrogens is 224 g/mol. The smallest absolute Gasteiger partial charge is 0.208 e. The van der Waals surface area contributed by atoms with E-state index in [9.17, 15) is 4.79 Å². The van der Waals surface area contributed by atoms with Gasteiger partial charge in [0.05, 0.1) is 11.2 Å². The third-order valence-corrected chi connectivity index (χ3v) is 3.35. The summed E-state index contributed by atoms with van der Waals surface area (Å²) < 4.78 is 1.55. The summed E-state index contributed by atoms with van der Waals surface area (Å²) >= 11 is 5.96. The Morgan fingerprint density at radius 3 is 2.88 bits per heavy atom. The van der Waals surface area contributed by atoms with Crippen LogP contribution in [0.15, 0.2) is 17.8 Å². The Labute approximate surface area is 100 Å². The van der Waals surface area contributed by atoms with Gasteiger partial charge in [-0.3, -0.25) is 9.48 Å². The van der Waals surface area contributed by atoms with Crippen LogP contribution in [0.3, 0.4) is 0 Å². The first kappa shape index (κ1) is 11.4. The summed E-state index contributed by atoms with van der Waals surface area (Å²) in [6, 6.07) is 0. The van der Waals surface area contributed by atoms with Crippen molar-refractivity contribution in [3.63, 3.8) is 0 Å². The molecule has 0 N–H and O–H groups in total. The van der Waals surface area contributed by atoms with Crippen LogP contribution in [-0.4, -0.2) is 15.6 Å². The molecule has 1 aromatic heterocycles. The minimum Gasteiger partial charge on any atom is -0.287 e. The third-order valence-electron chi connectivity index (χ3n) is 3.07. The van der Waals surface area contributed by atoms with Crippen molar-refractivity contribution in [2.75, 3.05) is 0 Å². The van der Waals surface area contributed by atoms with E-state index in [-0.39, 0.29) is 5.78 Å². The molecule has 1 aliphatic rings. The van der Waals surface area contributed by atoms with Crippen molar-refractivity contribution in [1.29, 1.82) is 0 Å². The third kappa shape index (κ3) is 2.05. The van der Waals surface area contributed by atoms with E-state index < -0.39 is 0 Å². The Morgan fingerprint density at radius 1 is 1.62 bits per heavy atom. The van der Waals surface area contributed by atoms with Crippen LogP contribution in [0.4, 0.5) is 0 Å². The Kier molecular flexibility index (Phi) is 3.15. The largest absolute Gasteiger partial charge is 0.287 e. The Morgan fingerprint density at radius 2 is 2.38 bits per heavy atom. The predicted molar refractivity (Wildman–Crippen MR) is 63.6 cm³/mol. The maximum absolute atomic E-state index is 12.2. The quantitative estimate of drug-likeness (QED) is 0.743. The molecule has 4 heteroatoms. The molecule has 0 spiro atoms. The summed E-state index contributed by atoms with van der Waals surface area (Å²) in [4.78, 5) is 12.2. The Hall–Kier alpha value is -1.09. The van der Waals surface area contributed by atoms with Gasteiger partial charge in [0.25, 0.3) is 0 Å². The number of carbonyl (C=O) groups excluding carboxylic acids is 1. The molecule has 0 fully saturated rings. The topological polar surface area (TPSA) is 34.9 Å². The van der Waals surface area contributed by atoms with Gasteiger partial charge < -0.3 is 0 Å². The molecule has 0 radical (unpaired) electrons. The fourth-order valence-corrected chi connectivity index (χ4v) is 2.24. The van der Waals surface area contributed by atoms with Crippen LogP contribution >= 0.6 is 11.6 Å². The van der Waals surface area contributed by atoms with E-state index in [0.717, 1.165) is 24.8 Å². The van der Waals surface area contributed by atoms with Crippen molar-refractivity contribution in [3.05, 3.63) is 28.6 Å². The van der Waals surface area contributed by atoms with Crippen molar-refractivity contribution >= 4 is 17.4 Å². The molecule has 16 heavy (non-hydrogen) atoms. The second-order valence-corrected chi connectivity index (χ2v) is 4.81. The van der Waals surface area contributed by atoms with E-state index in [2.05, 4.69) is 12.0 Å². The van der Waals surface area contributed by atoms with Gasteiger partial charge in [0.1, 0.15) is 5.69 Å². The number of nitrogens with zero attached hydrogens (tertiary/aromatic N) is 2. The highest BCUT2D eigenvalue weighted by molar-refractivity contribution is 6.34. The van der Waals surface area contributed by atoms with Gasteiger partial charge in [-0.25, -0.2) is 0 Å². The molecule has 0 bridgehead atoms. The number of Topliss-reactive ketones (excluding diaryl/α,β-unsaturated/α-hetero) is 1. The lowest BCUT2D eigenvalue weighted by atomic mass is 9.88. The Bertz CT molecular complexity index is 428. The Balaban J connectivity index is 2.26. The van der Waals surface area contributed by atoms with Crippen LogP contribution in [0, 0.1) is 5.92 Å². The lowest BCUT2D eigenvalue weighted by molar-refractivity contribution is 0.101. The van der Waals surface area contributed by atoms with Crippen molar-refractivity contribution in [2.24, 2.45) is 13.0 Å². The number of ketones is 1. The molecule has 1 unspecified atom stereocenters. The monoisotopic (exact) mass is 238 g/mol. The van der Waals surface area contributed by atoms with Gasteiger partial charge in [0, 0.05) is 7.05 Å². The number of aryl methyl sites for hydroxylation is 1. The van der Waals surface area contributed by atoms with E-state index in [0.29, 0.717) is 16.6 Å². The minimum atomic E-state index is 0.0249. The molecule has 1 atom stereocenters. The summed E-state index contributed by atoms with van der Waals surface area (Å²) in [7, 11) is 1.74. The molecule has 0 amide bonds. The van der Waals surface area contributed by atoms with Crippen LogP contribution in [0.5, 0.6) is 0 Å². The van der Waals surface area contributed by atoms with Crippen LogP contribution in [0.2, 0.25) is 5.02 Å². The molecule has 2 rings (SSSR count). The minimum absolute atomic E-state index is 0.0249. The first-order valence-corrected chi connectivity index (χ1v) is 5.88.